The van der Waals surface area contributed by atoms with E-state index >= 15 is 0 Å². The molecule has 0 unspecified atom stereocenters. The zero-order valence-electron chi connectivity index (χ0n) is 8.61. The minimum absolute atomic E-state index is 0.498. The third-order valence-electron chi connectivity index (χ3n) is 2.36. The van der Waals surface area contributed by atoms with Crippen molar-refractivity contribution in [2.45, 2.75) is 0 Å². The first-order chi connectivity index (χ1) is 7.04. The first kappa shape index (κ1) is 10.0. The van der Waals surface area contributed by atoms with Crippen LogP contribution in [0.4, 0.5) is 0 Å². The Morgan fingerprint density at radius 1 is 1.33 bits per heavy atom. The van der Waals surface area contributed by atoms with Crippen molar-refractivity contribution in [1.29, 1.82) is 5.26 Å². The standard InChI is InChI=1S/C11H11N2OP/c1-15(2,14)11-9(7-12)4-3-8-5-6-13-10(8)11/h3-6,13H,1-2H3. The fourth-order valence-corrected chi connectivity index (χ4v) is 3.20. The van der Waals surface area contributed by atoms with Gasteiger partial charge in [-0.25, -0.2) is 0 Å². The normalized spacial score (nSPS) is 11.5. The van der Waals surface area contributed by atoms with E-state index in [9.17, 15) is 4.57 Å². The highest BCUT2D eigenvalue weighted by atomic mass is 31.2. The summed E-state index contributed by atoms with van der Waals surface area (Å²) in [5, 5.41) is 10.6. The number of nitriles is 1. The summed E-state index contributed by atoms with van der Waals surface area (Å²) in [7, 11) is -2.44. The van der Waals surface area contributed by atoms with Crippen LogP contribution in [0.25, 0.3) is 10.9 Å². The van der Waals surface area contributed by atoms with Gasteiger partial charge in [0, 0.05) is 11.6 Å². The lowest BCUT2D eigenvalue weighted by atomic mass is 10.2. The minimum atomic E-state index is -2.44. The quantitative estimate of drug-likeness (QED) is 0.746. The van der Waals surface area contributed by atoms with Gasteiger partial charge in [0.05, 0.1) is 22.5 Å². The highest BCUT2D eigenvalue weighted by Gasteiger charge is 2.20. The van der Waals surface area contributed by atoms with Gasteiger partial charge in [-0.15, -0.1) is 0 Å². The van der Waals surface area contributed by atoms with Crippen molar-refractivity contribution in [3.05, 3.63) is 30.0 Å². The van der Waals surface area contributed by atoms with Crippen molar-refractivity contribution in [2.24, 2.45) is 0 Å². The molecule has 0 spiro atoms. The van der Waals surface area contributed by atoms with Crippen LogP contribution in [0.2, 0.25) is 0 Å². The van der Waals surface area contributed by atoms with Crippen molar-refractivity contribution in [1.82, 2.24) is 4.98 Å². The van der Waals surface area contributed by atoms with Crippen LogP contribution in [0.15, 0.2) is 24.4 Å². The predicted octanol–water partition coefficient (Wildman–Crippen LogP) is 2.29. The van der Waals surface area contributed by atoms with Crippen LogP contribution in [0, 0.1) is 11.3 Å². The molecule has 2 aromatic rings. The molecular weight excluding hydrogens is 207 g/mol. The number of aromatic nitrogens is 1. The maximum absolute atomic E-state index is 12.1. The lowest BCUT2D eigenvalue weighted by Gasteiger charge is -2.10. The average Bonchev–Trinajstić information content (AvgIpc) is 2.61. The van der Waals surface area contributed by atoms with Crippen molar-refractivity contribution in [2.75, 3.05) is 13.3 Å². The molecule has 0 saturated carbocycles. The molecule has 0 aliphatic heterocycles. The minimum Gasteiger partial charge on any atom is -0.361 e. The first-order valence-electron chi connectivity index (χ1n) is 4.60. The number of nitrogens with one attached hydrogen (secondary N) is 1. The first-order valence-corrected chi connectivity index (χ1v) is 7.20. The lowest BCUT2D eigenvalue weighted by Crippen LogP contribution is -2.09. The van der Waals surface area contributed by atoms with E-state index in [1.54, 1.807) is 25.6 Å². The second-order valence-corrected chi connectivity index (χ2v) is 7.02. The van der Waals surface area contributed by atoms with Gasteiger partial charge in [0.2, 0.25) is 0 Å². The van der Waals surface area contributed by atoms with Crippen LogP contribution in [0.1, 0.15) is 5.56 Å². The van der Waals surface area contributed by atoms with Gasteiger partial charge in [-0.05, 0) is 25.5 Å². The summed E-state index contributed by atoms with van der Waals surface area (Å²) in [5.74, 6) is 0. The second-order valence-electron chi connectivity index (χ2n) is 3.87. The lowest BCUT2D eigenvalue weighted by molar-refractivity contribution is 0.588. The van der Waals surface area contributed by atoms with Gasteiger partial charge in [-0.1, -0.05) is 6.07 Å². The van der Waals surface area contributed by atoms with Gasteiger partial charge in [0.25, 0.3) is 0 Å². The summed E-state index contributed by atoms with van der Waals surface area (Å²) >= 11 is 0. The molecule has 1 N–H and O–H groups in total. The van der Waals surface area contributed by atoms with Crippen molar-refractivity contribution >= 4 is 23.3 Å². The maximum Gasteiger partial charge on any atom is 0.113 e. The van der Waals surface area contributed by atoms with E-state index in [0.717, 1.165) is 10.9 Å². The van der Waals surface area contributed by atoms with E-state index in [2.05, 4.69) is 11.1 Å². The van der Waals surface area contributed by atoms with Crippen molar-refractivity contribution in [3.63, 3.8) is 0 Å². The van der Waals surface area contributed by atoms with E-state index in [0.29, 0.717) is 10.9 Å². The van der Waals surface area contributed by atoms with Gasteiger partial charge < -0.3 is 9.55 Å². The van der Waals surface area contributed by atoms with Crippen LogP contribution >= 0.6 is 7.14 Å². The summed E-state index contributed by atoms with van der Waals surface area (Å²) in [6, 6.07) is 7.60. The zero-order chi connectivity index (χ0) is 11.1. The summed E-state index contributed by atoms with van der Waals surface area (Å²) < 4.78 is 12.1. The largest absolute Gasteiger partial charge is 0.361 e. The Bertz CT molecular complexity index is 601. The van der Waals surface area contributed by atoms with Gasteiger partial charge in [0.15, 0.2) is 0 Å². The number of benzene rings is 1. The molecule has 3 nitrogen and oxygen atoms in total. The number of nitrogens with zero attached hydrogens (tertiary/aromatic N) is 1. The van der Waals surface area contributed by atoms with E-state index in [-0.39, 0.29) is 0 Å². The summed E-state index contributed by atoms with van der Waals surface area (Å²) in [6.45, 7) is 3.37. The van der Waals surface area contributed by atoms with E-state index in [1.165, 1.54) is 0 Å². The second kappa shape index (κ2) is 3.25. The number of fused-ring (bicyclic) bond motifs is 1. The molecule has 0 radical (unpaired) electrons. The molecule has 76 valence electrons. The molecule has 0 fully saturated rings. The SMILES string of the molecule is CP(C)(=O)c1c(C#N)ccc2cc[nH]c12. The highest BCUT2D eigenvalue weighted by Crippen LogP contribution is 2.38. The number of aromatic amines is 1. The Hall–Kier alpha value is -1.52. The topological polar surface area (TPSA) is 56.6 Å². The molecule has 0 bridgehead atoms. The molecule has 0 atom stereocenters. The molecule has 1 aromatic heterocycles. The van der Waals surface area contributed by atoms with Crippen LogP contribution in [-0.4, -0.2) is 18.3 Å². The Kier molecular flexibility index (Phi) is 2.17. The number of rotatable bonds is 1. The zero-order valence-corrected chi connectivity index (χ0v) is 9.51. The third-order valence-corrected chi connectivity index (χ3v) is 3.90. The van der Waals surface area contributed by atoms with E-state index in [1.807, 2.05) is 12.1 Å². The van der Waals surface area contributed by atoms with Gasteiger partial charge in [-0.2, -0.15) is 5.26 Å². The fraction of sp³-hybridized carbons (Fsp3) is 0.182. The summed E-state index contributed by atoms with van der Waals surface area (Å²) in [4.78, 5) is 3.05. The fourth-order valence-electron chi connectivity index (χ4n) is 1.76. The van der Waals surface area contributed by atoms with Gasteiger partial charge in [-0.3, -0.25) is 0 Å². The molecule has 2 rings (SSSR count). The molecule has 4 heteroatoms. The molecule has 1 heterocycles. The number of hydrogen-bond acceptors (Lipinski definition) is 2. The number of hydrogen-bond donors (Lipinski definition) is 1. The Balaban J connectivity index is 2.94. The van der Waals surface area contributed by atoms with Crippen molar-refractivity contribution in [3.8, 4) is 6.07 Å². The average molecular weight is 218 g/mol. The maximum atomic E-state index is 12.1. The number of H-pyrrole nitrogens is 1. The van der Waals surface area contributed by atoms with E-state index in [4.69, 9.17) is 5.26 Å². The summed E-state index contributed by atoms with van der Waals surface area (Å²) in [6.07, 6.45) is 1.80. The molecule has 0 aliphatic rings. The highest BCUT2D eigenvalue weighted by molar-refractivity contribution is 7.70. The molecule has 15 heavy (non-hydrogen) atoms. The van der Waals surface area contributed by atoms with Crippen molar-refractivity contribution < 1.29 is 4.57 Å². The Labute approximate surface area is 88.1 Å². The molecule has 0 saturated heterocycles. The van der Waals surface area contributed by atoms with Crippen LogP contribution < -0.4 is 5.30 Å². The monoisotopic (exact) mass is 218 g/mol. The van der Waals surface area contributed by atoms with E-state index < -0.39 is 7.14 Å². The molecule has 0 amide bonds. The molecular formula is C11H11N2OP. The molecule has 1 aromatic carbocycles. The van der Waals surface area contributed by atoms with Crippen LogP contribution in [0.3, 0.4) is 0 Å². The third kappa shape index (κ3) is 1.58. The summed E-state index contributed by atoms with van der Waals surface area (Å²) in [5.41, 5.74) is 1.32. The smallest absolute Gasteiger partial charge is 0.113 e. The van der Waals surface area contributed by atoms with Gasteiger partial charge >= 0.3 is 0 Å². The van der Waals surface area contributed by atoms with Gasteiger partial charge in [0.1, 0.15) is 7.14 Å². The van der Waals surface area contributed by atoms with Crippen LogP contribution in [-0.2, 0) is 4.57 Å². The Morgan fingerprint density at radius 3 is 2.67 bits per heavy atom. The predicted molar refractivity (Wildman–Crippen MR) is 62.1 cm³/mol. The molecule has 0 aliphatic carbocycles. The Morgan fingerprint density at radius 2 is 2.07 bits per heavy atom. The van der Waals surface area contributed by atoms with Crippen LogP contribution in [0.5, 0.6) is 0 Å².